The fourth-order valence-corrected chi connectivity index (χ4v) is 1.61. The molecule has 0 saturated carbocycles. The molecule has 0 atom stereocenters. The van der Waals surface area contributed by atoms with Crippen LogP contribution < -0.4 is 10.6 Å². The lowest BCUT2D eigenvalue weighted by Crippen LogP contribution is -2.26. The topological polar surface area (TPSA) is 41.1 Å². The maximum Gasteiger partial charge on any atom is 0.389 e. The molecule has 2 N–H and O–H groups in total. The Bertz CT molecular complexity index is 419. The molecular formula is C13H17F3N2O. The SMILES string of the molecule is CCNc1ccccc1C(=O)NCCCC(F)(F)F. The highest BCUT2D eigenvalue weighted by Crippen LogP contribution is 2.21. The Morgan fingerprint density at radius 2 is 1.95 bits per heavy atom. The molecule has 3 nitrogen and oxygen atoms in total. The summed E-state index contributed by atoms with van der Waals surface area (Å²) in [5.41, 5.74) is 1.12. The third kappa shape index (κ3) is 5.63. The van der Waals surface area contributed by atoms with Gasteiger partial charge in [0.05, 0.1) is 5.56 Å². The quantitative estimate of drug-likeness (QED) is 0.782. The lowest BCUT2D eigenvalue weighted by Gasteiger charge is -2.11. The average molecular weight is 274 g/mol. The highest BCUT2D eigenvalue weighted by molar-refractivity contribution is 5.99. The van der Waals surface area contributed by atoms with Crippen molar-refractivity contribution in [3.63, 3.8) is 0 Å². The average Bonchev–Trinajstić information content (AvgIpc) is 2.34. The van der Waals surface area contributed by atoms with E-state index in [0.717, 1.165) is 0 Å². The van der Waals surface area contributed by atoms with Crippen LogP contribution in [0.1, 0.15) is 30.1 Å². The number of alkyl halides is 3. The van der Waals surface area contributed by atoms with Gasteiger partial charge in [0.25, 0.3) is 5.91 Å². The van der Waals surface area contributed by atoms with Crippen molar-refractivity contribution in [2.75, 3.05) is 18.4 Å². The van der Waals surface area contributed by atoms with Crippen molar-refractivity contribution in [2.45, 2.75) is 25.9 Å². The van der Waals surface area contributed by atoms with Gasteiger partial charge in [-0.3, -0.25) is 4.79 Å². The minimum atomic E-state index is -4.17. The molecule has 0 radical (unpaired) electrons. The Kier molecular flexibility index (Phi) is 5.66. The lowest BCUT2D eigenvalue weighted by atomic mass is 10.1. The molecule has 6 heteroatoms. The van der Waals surface area contributed by atoms with Crippen LogP contribution in [0.2, 0.25) is 0 Å². The minimum absolute atomic E-state index is 0.0127. The summed E-state index contributed by atoms with van der Waals surface area (Å²) in [6, 6.07) is 6.90. The van der Waals surface area contributed by atoms with Crippen molar-refractivity contribution in [1.82, 2.24) is 5.32 Å². The maximum absolute atomic E-state index is 11.9. The van der Waals surface area contributed by atoms with Gasteiger partial charge in [0.1, 0.15) is 0 Å². The first-order valence-electron chi connectivity index (χ1n) is 6.12. The van der Waals surface area contributed by atoms with Crippen LogP contribution >= 0.6 is 0 Å². The molecule has 106 valence electrons. The molecule has 0 heterocycles. The predicted octanol–water partition coefficient (Wildman–Crippen LogP) is 3.19. The number of carbonyl (C=O) groups is 1. The molecule has 0 fully saturated rings. The Hall–Kier alpha value is -1.72. The number of rotatable bonds is 6. The van der Waals surface area contributed by atoms with E-state index in [2.05, 4.69) is 10.6 Å². The van der Waals surface area contributed by atoms with Crippen LogP contribution in [0.25, 0.3) is 0 Å². The van der Waals surface area contributed by atoms with E-state index in [-0.39, 0.29) is 18.9 Å². The third-order valence-corrected chi connectivity index (χ3v) is 2.46. The van der Waals surface area contributed by atoms with Crippen molar-refractivity contribution in [1.29, 1.82) is 0 Å². The Morgan fingerprint density at radius 3 is 2.58 bits per heavy atom. The molecule has 0 aliphatic rings. The van der Waals surface area contributed by atoms with E-state index in [1.807, 2.05) is 6.92 Å². The summed E-state index contributed by atoms with van der Waals surface area (Å²) in [7, 11) is 0. The summed E-state index contributed by atoms with van der Waals surface area (Å²) >= 11 is 0. The second-order valence-electron chi connectivity index (χ2n) is 4.05. The van der Waals surface area contributed by atoms with Crippen LogP contribution in [0.5, 0.6) is 0 Å². The molecular weight excluding hydrogens is 257 g/mol. The zero-order valence-corrected chi connectivity index (χ0v) is 10.7. The van der Waals surface area contributed by atoms with Crippen LogP contribution in [-0.4, -0.2) is 25.2 Å². The number of para-hydroxylation sites is 1. The number of carbonyl (C=O) groups excluding carboxylic acids is 1. The summed E-state index contributed by atoms with van der Waals surface area (Å²) in [6.45, 7) is 2.58. The van der Waals surface area contributed by atoms with E-state index in [0.29, 0.717) is 17.8 Å². The Labute approximate surface area is 110 Å². The molecule has 0 aromatic heterocycles. The largest absolute Gasteiger partial charge is 0.389 e. The molecule has 1 aromatic carbocycles. The summed E-state index contributed by atoms with van der Waals surface area (Å²) in [5.74, 6) is -0.362. The van der Waals surface area contributed by atoms with Gasteiger partial charge in [-0.2, -0.15) is 13.2 Å². The van der Waals surface area contributed by atoms with Crippen LogP contribution in [0.4, 0.5) is 18.9 Å². The van der Waals surface area contributed by atoms with Gasteiger partial charge < -0.3 is 10.6 Å². The van der Waals surface area contributed by atoms with Crippen LogP contribution in [0, 0.1) is 0 Å². The number of anilines is 1. The van der Waals surface area contributed by atoms with Crippen molar-refractivity contribution in [3.8, 4) is 0 Å². The highest BCUT2D eigenvalue weighted by atomic mass is 19.4. The van der Waals surface area contributed by atoms with Crippen molar-refractivity contribution < 1.29 is 18.0 Å². The first kappa shape index (κ1) is 15.3. The smallest absolute Gasteiger partial charge is 0.385 e. The predicted molar refractivity (Wildman–Crippen MR) is 68.2 cm³/mol. The normalized spacial score (nSPS) is 11.2. The van der Waals surface area contributed by atoms with Gasteiger partial charge in [0.15, 0.2) is 0 Å². The number of halogens is 3. The molecule has 1 rings (SSSR count). The second-order valence-corrected chi connectivity index (χ2v) is 4.05. The molecule has 0 saturated heterocycles. The first-order valence-corrected chi connectivity index (χ1v) is 6.12. The summed E-state index contributed by atoms with van der Waals surface area (Å²) in [4.78, 5) is 11.8. The molecule has 1 amide bonds. The molecule has 0 aliphatic carbocycles. The van der Waals surface area contributed by atoms with E-state index in [9.17, 15) is 18.0 Å². The monoisotopic (exact) mass is 274 g/mol. The van der Waals surface area contributed by atoms with Crippen molar-refractivity contribution in [2.24, 2.45) is 0 Å². The first-order chi connectivity index (χ1) is 8.94. The van der Waals surface area contributed by atoms with E-state index < -0.39 is 12.6 Å². The third-order valence-electron chi connectivity index (χ3n) is 2.46. The van der Waals surface area contributed by atoms with Gasteiger partial charge in [-0.1, -0.05) is 12.1 Å². The number of amides is 1. The summed E-state index contributed by atoms with van der Waals surface area (Å²) in [5, 5.41) is 5.52. The fourth-order valence-electron chi connectivity index (χ4n) is 1.61. The van der Waals surface area contributed by atoms with E-state index >= 15 is 0 Å². The van der Waals surface area contributed by atoms with E-state index in [1.165, 1.54) is 0 Å². The summed E-state index contributed by atoms with van der Waals surface area (Å²) in [6.07, 6.45) is -5.17. The van der Waals surface area contributed by atoms with E-state index in [4.69, 9.17) is 0 Å². The summed E-state index contributed by atoms with van der Waals surface area (Å²) < 4.78 is 35.8. The van der Waals surface area contributed by atoms with Gasteiger partial charge in [-0.15, -0.1) is 0 Å². The fraction of sp³-hybridized carbons (Fsp3) is 0.462. The Morgan fingerprint density at radius 1 is 1.26 bits per heavy atom. The van der Waals surface area contributed by atoms with E-state index in [1.54, 1.807) is 24.3 Å². The van der Waals surface area contributed by atoms with Gasteiger partial charge in [-0.25, -0.2) is 0 Å². The molecule has 1 aromatic rings. The van der Waals surface area contributed by atoms with Gasteiger partial charge in [0, 0.05) is 25.2 Å². The maximum atomic E-state index is 11.9. The molecule has 0 spiro atoms. The second kappa shape index (κ2) is 7.01. The number of benzene rings is 1. The zero-order valence-electron chi connectivity index (χ0n) is 10.7. The number of hydrogen-bond acceptors (Lipinski definition) is 2. The highest BCUT2D eigenvalue weighted by Gasteiger charge is 2.26. The number of hydrogen-bond donors (Lipinski definition) is 2. The Balaban J connectivity index is 2.49. The molecule has 0 unspecified atom stereocenters. The number of nitrogens with one attached hydrogen (secondary N) is 2. The van der Waals surface area contributed by atoms with Crippen LogP contribution in [-0.2, 0) is 0 Å². The zero-order chi connectivity index (χ0) is 14.3. The van der Waals surface area contributed by atoms with Crippen molar-refractivity contribution >= 4 is 11.6 Å². The standard InChI is InChI=1S/C13H17F3N2O/c1-2-17-11-7-4-3-6-10(11)12(19)18-9-5-8-13(14,15)16/h3-4,6-7,17H,2,5,8-9H2,1H3,(H,18,19). The minimum Gasteiger partial charge on any atom is -0.385 e. The molecule has 0 aliphatic heterocycles. The lowest BCUT2D eigenvalue weighted by molar-refractivity contribution is -0.135. The molecule has 0 bridgehead atoms. The molecule has 19 heavy (non-hydrogen) atoms. The van der Waals surface area contributed by atoms with Crippen LogP contribution in [0.3, 0.4) is 0 Å². The van der Waals surface area contributed by atoms with Crippen LogP contribution in [0.15, 0.2) is 24.3 Å². The van der Waals surface area contributed by atoms with Crippen molar-refractivity contribution in [3.05, 3.63) is 29.8 Å². The van der Waals surface area contributed by atoms with Gasteiger partial charge in [0.2, 0.25) is 0 Å². The van der Waals surface area contributed by atoms with Gasteiger partial charge in [-0.05, 0) is 25.5 Å². The van der Waals surface area contributed by atoms with Gasteiger partial charge >= 0.3 is 6.18 Å².